The predicted molar refractivity (Wildman–Crippen MR) is 91.2 cm³/mol. The molecule has 2 fully saturated rings. The quantitative estimate of drug-likeness (QED) is 0.837. The van der Waals surface area contributed by atoms with Crippen molar-refractivity contribution < 1.29 is 13.2 Å². The minimum atomic E-state index is -2.86. The van der Waals surface area contributed by atoms with Gasteiger partial charge >= 0.3 is 0 Å². The summed E-state index contributed by atoms with van der Waals surface area (Å²) in [4.78, 5) is 16.8. The molecule has 0 N–H and O–H groups in total. The monoisotopic (exact) mass is 336 g/mol. The molecule has 0 bridgehead atoms. The summed E-state index contributed by atoms with van der Waals surface area (Å²) in [6, 6.07) is 9.61. The lowest BCUT2D eigenvalue weighted by atomic mass is 10.0. The van der Waals surface area contributed by atoms with Gasteiger partial charge in [-0.05, 0) is 44.4 Å². The third-order valence-electron chi connectivity index (χ3n) is 4.88. The molecule has 1 amide bonds. The number of hydrogen-bond acceptors (Lipinski definition) is 4. The third-order valence-corrected chi connectivity index (χ3v) is 6.72. The summed E-state index contributed by atoms with van der Waals surface area (Å²) in [6.07, 6.45) is 2.53. The van der Waals surface area contributed by atoms with Crippen LogP contribution >= 0.6 is 0 Å². The Labute approximate surface area is 138 Å². The lowest BCUT2D eigenvalue weighted by Gasteiger charge is -2.37. The van der Waals surface area contributed by atoms with Crippen LogP contribution in [0.15, 0.2) is 30.3 Å². The Hall–Kier alpha value is -1.40. The first-order chi connectivity index (χ1) is 11.0. The molecule has 0 aliphatic carbocycles. The summed E-state index contributed by atoms with van der Waals surface area (Å²) < 4.78 is 23.2. The normalized spacial score (nSPS) is 27.6. The molecule has 2 atom stereocenters. The summed E-state index contributed by atoms with van der Waals surface area (Å²) >= 11 is 0. The number of hydrogen-bond donors (Lipinski definition) is 0. The van der Waals surface area contributed by atoms with E-state index in [9.17, 15) is 13.2 Å². The minimum absolute atomic E-state index is 0.130. The van der Waals surface area contributed by atoms with Crippen molar-refractivity contribution >= 4 is 21.4 Å². The molecule has 23 heavy (non-hydrogen) atoms. The van der Waals surface area contributed by atoms with Gasteiger partial charge in [-0.15, -0.1) is 0 Å². The van der Waals surface area contributed by atoms with Gasteiger partial charge in [-0.3, -0.25) is 9.69 Å². The van der Waals surface area contributed by atoms with Crippen molar-refractivity contribution in [3.05, 3.63) is 30.3 Å². The fourth-order valence-electron chi connectivity index (χ4n) is 3.68. The summed E-state index contributed by atoms with van der Waals surface area (Å²) in [7, 11) is -0.915. The Morgan fingerprint density at radius 3 is 2.61 bits per heavy atom. The van der Waals surface area contributed by atoms with Crippen molar-refractivity contribution in [2.45, 2.75) is 25.3 Å². The number of carbonyl (C=O) groups excluding carboxylic acids is 1. The number of rotatable bonds is 4. The SMILES string of the molecule is CN(C[C@@H]1CCS(=O)(=O)C1)[C@@H]1CCCN(c2ccccc2)C1=O. The standard InChI is InChI=1S/C17H24N2O3S/c1-18(12-14-9-11-23(21,22)13-14)16-8-5-10-19(17(16)20)15-6-3-2-4-7-15/h2-4,6-7,14,16H,5,8-13H2,1H3/t14-,16+/m0/s1. The van der Waals surface area contributed by atoms with Gasteiger partial charge in [0.25, 0.3) is 0 Å². The van der Waals surface area contributed by atoms with Gasteiger partial charge in [0, 0.05) is 18.8 Å². The lowest BCUT2D eigenvalue weighted by molar-refractivity contribution is -0.125. The zero-order valence-electron chi connectivity index (χ0n) is 13.5. The first-order valence-electron chi connectivity index (χ1n) is 8.23. The van der Waals surface area contributed by atoms with E-state index < -0.39 is 9.84 Å². The number of para-hydroxylation sites is 1. The van der Waals surface area contributed by atoms with E-state index in [1.54, 1.807) is 0 Å². The van der Waals surface area contributed by atoms with Crippen molar-refractivity contribution in [1.29, 1.82) is 0 Å². The minimum Gasteiger partial charge on any atom is -0.311 e. The molecular weight excluding hydrogens is 312 g/mol. The molecule has 2 aliphatic heterocycles. The molecule has 6 heteroatoms. The Kier molecular flexibility index (Phi) is 4.73. The van der Waals surface area contributed by atoms with Gasteiger partial charge in [0.2, 0.25) is 5.91 Å². The third kappa shape index (κ3) is 3.75. The van der Waals surface area contributed by atoms with Crippen LogP contribution in [-0.2, 0) is 14.6 Å². The van der Waals surface area contributed by atoms with E-state index >= 15 is 0 Å². The van der Waals surface area contributed by atoms with Crippen LogP contribution < -0.4 is 4.90 Å². The topological polar surface area (TPSA) is 57.7 Å². The van der Waals surface area contributed by atoms with Crippen molar-refractivity contribution in [3.63, 3.8) is 0 Å². The largest absolute Gasteiger partial charge is 0.311 e. The maximum atomic E-state index is 12.8. The summed E-state index contributed by atoms with van der Waals surface area (Å²) in [6.45, 7) is 1.43. The highest BCUT2D eigenvalue weighted by atomic mass is 32.2. The van der Waals surface area contributed by atoms with E-state index in [4.69, 9.17) is 0 Å². The van der Waals surface area contributed by atoms with Gasteiger partial charge < -0.3 is 4.90 Å². The first kappa shape index (κ1) is 16.5. The van der Waals surface area contributed by atoms with Crippen LogP contribution in [0.1, 0.15) is 19.3 Å². The molecule has 1 aromatic carbocycles. The van der Waals surface area contributed by atoms with Crippen LogP contribution in [0, 0.1) is 5.92 Å². The number of piperidine rings is 1. The number of anilines is 1. The number of benzene rings is 1. The molecule has 1 aromatic rings. The lowest BCUT2D eigenvalue weighted by Crippen LogP contribution is -2.52. The zero-order chi connectivity index (χ0) is 16.4. The number of carbonyl (C=O) groups is 1. The number of nitrogens with zero attached hydrogens (tertiary/aromatic N) is 2. The van der Waals surface area contributed by atoms with Crippen molar-refractivity contribution in [2.75, 3.05) is 36.5 Å². The molecule has 0 unspecified atom stereocenters. The second-order valence-electron chi connectivity index (χ2n) is 6.69. The van der Waals surface area contributed by atoms with Crippen molar-refractivity contribution in [3.8, 4) is 0 Å². The van der Waals surface area contributed by atoms with E-state index in [2.05, 4.69) is 4.90 Å². The van der Waals surface area contributed by atoms with Crippen molar-refractivity contribution in [2.24, 2.45) is 5.92 Å². The van der Waals surface area contributed by atoms with Gasteiger partial charge in [0.1, 0.15) is 0 Å². The van der Waals surface area contributed by atoms with Crippen LogP contribution in [0.3, 0.4) is 0 Å². The second-order valence-corrected chi connectivity index (χ2v) is 8.92. The van der Waals surface area contributed by atoms with Crippen LogP contribution in [0.4, 0.5) is 5.69 Å². The number of amides is 1. The molecule has 126 valence electrons. The molecule has 2 heterocycles. The Bertz CT molecular complexity index is 660. The molecule has 0 saturated carbocycles. The maximum absolute atomic E-state index is 12.8. The van der Waals surface area contributed by atoms with Crippen LogP contribution in [0.5, 0.6) is 0 Å². The van der Waals surface area contributed by atoms with Gasteiger partial charge in [-0.25, -0.2) is 8.42 Å². The first-order valence-corrected chi connectivity index (χ1v) is 10.1. The summed E-state index contributed by atoms with van der Waals surface area (Å²) in [5, 5.41) is 0. The van der Waals surface area contributed by atoms with Gasteiger partial charge in [0.15, 0.2) is 9.84 Å². The van der Waals surface area contributed by atoms with Gasteiger partial charge in [0.05, 0.1) is 17.5 Å². The second kappa shape index (κ2) is 6.61. The van der Waals surface area contributed by atoms with E-state index in [1.165, 1.54) is 0 Å². The molecule has 0 aromatic heterocycles. The Morgan fingerprint density at radius 2 is 1.96 bits per heavy atom. The molecule has 2 aliphatic rings. The van der Waals surface area contributed by atoms with E-state index in [1.807, 2.05) is 42.3 Å². The Balaban J connectivity index is 1.66. The predicted octanol–water partition coefficient (Wildman–Crippen LogP) is 1.55. The summed E-state index contributed by atoms with van der Waals surface area (Å²) in [5.41, 5.74) is 0.944. The highest BCUT2D eigenvalue weighted by Gasteiger charge is 2.35. The molecule has 0 spiro atoms. The van der Waals surface area contributed by atoms with Gasteiger partial charge in [-0.2, -0.15) is 0 Å². The summed E-state index contributed by atoms with van der Waals surface area (Å²) in [5.74, 6) is 0.844. The molecular formula is C17H24N2O3S. The highest BCUT2D eigenvalue weighted by Crippen LogP contribution is 2.25. The number of likely N-dealkylation sites (N-methyl/N-ethyl adjacent to an activating group) is 1. The number of sulfone groups is 1. The van der Waals surface area contributed by atoms with Crippen molar-refractivity contribution in [1.82, 2.24) is 4.90 Å². The Morgan fingerprint density at radius 1 is 1.22 bits per heavy atom. The van der Waals surface area contributed by atoms with E-state index in [0.29, 0.717) is 12.3 Å². The zero-order valence-corrected chi connectivity index (χ0v) is 14.3. The van der Waals surface area contributed by atoms with Gasteiger partial charge in [-0.1, -0.05) is 18.2 Å². The van der Waals surface area contributed by atoms with E-state index in [-0.39, 0.29) is 23.6 Å². The molecule has 3 rings (SSSR count). The van der Waals surface area contributed by atoms with E-state index in [0.717, 1.165) is 31.5 Å². The molecule has 0 radical (unpaired) electrons. The fraction of sp³-hybridized carbons (Fsp3) is 0.588. The highest BCUT2D eigenvalue weighted by molar-refractivity contribution is 7.91. The van der Waals surface area contributed by atoms with Crippen LogP contribution in [0.25, 0.3) is 0 Å². The van der Waals surface area contributed by atoms with Crippen LogP contribution in [-0.4, -0.2) is 56.9 Å². The average Bonchev–Trinajstić information content (AvgIpc) is 2.87. The average molecular weight is 336 g/mol. The smallest absolute Gasteiger partial charge is 0.244 e. The fourth-order valence-corrected chi connectivity index (χ4v) is 5.53. The maximum Gasteiger partial charge on any atom is 0.244 e. The molecule has 5 nitrogen and oxygen atoms in total. The van der Waals surface area contributed by atoms with Crippen LogP contribution in [0.2, 0.25) is 0 Å². The molecule has 2 saturated heterocycles.